The molecule has 0 bridgehead atoms. The molecule has 0 spiro atoms. The van der Waals surface area contributed by atoms with Crippen molar-refractivity contribution >= 4 is 5.69 Å². The lowest BCUT2D eigenvalue weighted by molar-refractivity contribution is 0.901. The van der Waals surface area contributed by atoms with Gasteiger partial charge in [-0.05, 0) is 50.3 Å². The lowest BCUT2D eigenvalue weighted by atomic mass is 10.1. The lowest BCUT2D eigenvalue weighted by Gasteiger charge is -2.11. The van der Waals surface area contributed by atoms with Crippen molar-refractivity contribution in [3.63, 3.8) is 0 Å². The highest BCUT2D eigenvalue weighted by molar-refractivity contribution is 5.58. The van der Waals surface area contributed by atoms with Crippen LogP contribution in [0.5, 0.6) is 0 Å². The number of allylic oxidation sites excluding steroid dienone is 2. The molecule has 0 radical (unpaired) electrons. The van der Waals surface area contributed by atoms with E-state index in [1.807, 2.05) is 0 Å². The quantitative estimate of drug-likeness (QED) is 0.811. The van der Waals surface area contributed by atoms with E-state index in [1.165, 1.54) is 11.1 Å². The monoisotopic (exact) mass is 212 g/mol. The van der Waals surface area contributed by atoms with Gasteiger partial charge in [0.1, 0.15) is 0 Å². The first-order chi connectivity index (χ1) is 7.70. The summed E-state index contributed by atoms with van der Waals surface area (Å²) in [5.74, 6) is 0. The number of benzene rings is 1. The minimum absolute atomic E-state index is 0.918. The number of aryl methyl sites for hydroxylation is 2. The van der Waals surface area contributed by atoms with Crippen molar-refractivity contribution in [3.05, 3.63) is 40.6 Å². The standard InChI is InChI=1S/C14H16N2/c1-10-6-7-11(2)14(8-10)16-13-5-3-4-12(13)9-15/h6-8,16H,3-5H2,1-2H3. The molecule has 16 heavy (non-hydrogen) atoms. The Hall–Kier alpha value is -1.75. The molecular formula is C14H16N2. The Kier molecular flexibility index (Phi) is 2.96. The number of anilines is 1. The van der Waals surface area contributed by atoms with Crippen LogP contribution in [0.1, 0.15) is 30.4 Å². The average Bonchev–Trinajstić information content (AvgIpc) is 2.71. The van der Waals surface area contributed by atoms with Gasteiger partial charge in [0.15, 0.2) is 0 Å². The van der Waals surface area contributed by atoms with Crippen molar-refractivity contribution in [2.75, 3.05) is 5.32 Å². The van der Waals surface area contributed by atoms with Gasteiger partial charge in [0.25, 0.3) is 0 Å². The second-order valence-corrected chi connectivity index (χ2v) is 4.37. The smallest absolute Gasteiger partial charge is 0.0965 e. The summed E-state index contributed by atoms with van der Waals surface area (Å²) in [6.45, 7) is 4.17. The van der Waals surface area contributed by atoms with Crippen molar-refractivity contribution in [2.45, 2.75) is 33.1 Å². The molecule has 2 rings (SSSR count). The number of nitrogens with one attached hydrogen (secondary N) is 1. The molecule has 2 heteroatoms. The summed E-state index contributed by atoms with van der Waals surface area (Å²) < 4.78 is 0. The Morgan fingerprint density at radius 1 is 1.25 bits per heavy atom. The maximum Gasteiger partial charge on any atom is 0.0965 e. The van der Waals surface area contributed by atoms with Crippen LogP contribution in [0, 0.1) is 25.2 Å². The van der Waals surface area contributed by atoms with Gasteiger partial charge in [-0.25, -0.2) is 0 Å². The minimum atomic E-state index is 0.918. The van der Waals surface area contributed by atoms with Crippen molar-refractivity contribution < 1.29 is 0 Å². The van der Waals surface area contributed by atoms with E-state index in [0.29, 0.717) is 0 Å². The van der Waals surface area contributed by atoms with Crippen LogP contribution in [0.15, 0.2) is 29.5 Å². The lowest BCUT2D eigenvalue weighted by Crippen LogP contribution is -2.00. The fourth-order valence-electron chi connectivity index (χ4n) is 2.04. The fourth-order valence-corrected chi connectivity index (χ4v) is 2.04. The molecule has 1 aliphatic carbocycles. The predicted molar refractivity (Wildman–Crippen MR) is 66.0 cm³/mol. The molecule has 1 aromatic rings. The summed E-state index contributed by atoms with van der Waals surface area (Å²) in [6, 6.07) is 8.64. The molecule has 0 saturated heterocycles. The average molecular weight is 212 g/mol. The molecule has 2 nitrogen and oxygen atoms in total. The molecule has 0 fully saturated rings. The number of hydrogen-bond acceptors (Lipinski definition) is 2. The second-order valence-electron chi connectivity index (χ2n) is 4.37. The molecule has 1 aliphatic rings. The van der Waals surface area contributed by atoms with Crippen LogP contribution in [0.25, 0.3) is 0 Å². The Bertz CT molecular complexity index is 478. The van der Waals surface area contributed by atoms with E-state index in [1.54, 1.807) is 0 Å². The van der Waals surface area contributed by atoms with Gasteiger partial charge in [-0.2, -0.15) is 5.26 Å². The Balaban J connectivity index is 2.28. The molecule has 0 heterocycles. The van der Waals surface area contributed by atoms with Crippen molar-refractivity contribution in [1.29, 1.82) is 5.26 Å². The summed E-state index contributed by atoms with van der Waals surface area (Å²) in [7, 11) is 0. The van der Waals surface area contributed by atoms with Crippen LogP contribution < -0.4 is 5.32 Å². The molecule has 0 saturated carbocycles. The van der Waals surface area contributed by atoms with Gasteiger partial charge in [-0.15, -0.1) is 0 Å². The molecule has 82 valence electrons. The molecule has 0 amide bonds. The van der Waals surface area contributed by atoms with Crippen LogP contribution >= 0.6 is 0 Å². The van der Waals surface area contributed by atoms with Crippen LogP contribution in [0.4, 0.5) is 5.69 Å². The number of nitrogens with zero attached hydrogens (tertiary/aromatic N) is 1. The summed E-state index contributed by atoms with van der Waals surface area (Å²) in [5, 5.41) is 12.4. The third-order valence-electron chi connectivity index (χ3n) is 3.03. The Morgan fingerprint density at radius 2 is 2.06 bits per heavy atom. The SMILES string of the molecule is Cc1ccc(C)c(NC2=C(C#N)CCC2)c1. The normalized spacial score (nSPS) is 15.1. The van der Waals surface area contributed by atoms with Crippen LogP contribution in [-0.4, -0.2) is 0 Å². The Labute approximate surface area is 96.6 Å². The molecule has 0 atom stereocenters. The highest BCUT2D eigenvalue weighted by atomic mass is 14.9. The molecule has 1 aromatic carbocycles. The van der Waals surface area contributed by atoms with E-state index in [4.69, 9.17) is 5.26 Å². The molecule has 0 aliphatic heterocycles. The third kappa shape index (κ3) is 2.09. The van der Waals surface area contributed by atoms with E-state index < -0.39 is 0 Å². The molecule has 1 N–H and O–H groups in total. The van der Waals surface area contributed by atoms with E-state index in [9.17, 15) is 0 Å². The van der Waals surface area contributed by atoms with Gasteiger partial charge in [0.05, 0.1) is 6.07 Å². The fraction of sp³-hybridized carbons (Fsp3) is 0.357. The van der Waals surface area contributed by atoms with E-state index in [0.717, 1.165) is 36.2 Å². The first kappa shape index (κ1) is 10.8. The topological polar surface area (TPSA) is 35.8 Å². The first-order valence-corrected chi connectivity index (χ1v) is 5.67. The maximum absolute atomic E-state index is 8.99. The third-order valence-corrected chi connectivity index (χ3v) is 3.03. The zero-order chi connectivity index (χ0) is 11.5. The summed E-state index contributed by atoms with van der Waals surface area (Å²) in [6.07, 6.45) is 3.01. The molecule has 0 aromatic heterocycles. The molecule has 0 unspecified atom stereocenters. The summed E-state index contributed by atoms with van der Waals surface area (Å²) >= 11 is 0. The van der Waals surface area contributed by atoms with Crippen molar-refractivity contribution in [2.24, 2.45) is 0 Å². The van der Waals surface area contributed by atoms with Gasteiger partial charge in [-0.3, -0.25) is 0 Å². The number of rotatable bonds is 2. The highest BCUT2D eigenvalue weighted by Crippen LogP contribution is 2.28. The van der Waals surface area contributed by atoms with Crippen LogP contribution in [0.3, 0.4) is 0 Å². The first-order valence-electron chi connectivity index (χ1n) is 5.67. The Morgan fingerprint density at radius 3 is 2.81 bits per heavy atom. The van der Waals surface area contributed by atoms with E-state index >= 15 is 0 Å². The maximum atomic E-state index is 8.99. The van der Waals surface area contributed by atoms with Crippen molar-refractivity contribution in [3.8, 4) is 6.07 Å². The van der Waals surface area contributed by atoms with Gasteiger partial charge >= 0.3 is 0 Å². The second kappa shape index (κ2) is 4.40. The zero-order valence-electron chi connectivity index (χ0n) is 9.80. The zero-order valence-corrected chi connectivity index (χ0v) is 9.80. The highest BCUT2D eigenvalue weighted by Gasteiger charge is 2.14. The van der Waals surface area contributed by atoms with E-state index in [-0.39, 0.29) is 0 Å². The van der Waals surface area contributed by atoms with Gasteiger partial charge < -0.3 is 5.32 Å². The largest absolute Gasteiger partial charge is 0.358 e. The van der Waals surface area contributed by atoms with Crippen LogP contribution in [0.2, 0.25) is 0 Å². The summed E-state index contributed by atoms with van der Waals surface area (Å²) in [5.41, 5.74) is 5.62. The van der Waals surface area contributed by atoms with Crippen LogP contribution in [-0.2, 0) is 0 Å². The number of nitriles is 1. The van der Waals surface area contributed by atoms with E-state index in [2.05, 4.69) is 43.4 Å². The summed E-state index contributed by atoms with van der Waals surface area (Å²) in [4.78, 5) is 0. The number of hydrogen-bond donors (Lipinski definition) is 1. The van der Waals surface area contributed by atoms with Gasteiger partial charge in [0, 0.05) is 17.0 Å². The van der Waals surface area contributed by atoms with Gasteiger partial charge in [-0.1, -0.05) is 12.1 Å². The molecular weight excluding hydrogens is 196 g/mol. The van der Waals surface area contributed by atoms with Crippen molar-refractivity contribution in [1.82, 2.24) is 0 Å². The predicted octanol–water partition coefficient (Wildman–Crippen LogP) is 3.68. The van der Waals surface area contributed by atoms with Gasteiger partial charge in [0.2, 0.25) is 0 Å². The minimum Gasteiger partial charge on any atom is -0.358 e.